The Bertz CT molecular complexity index is 1210. The smallest absolute Gasteiger partial charge is 0.270 e. The van der Waals surface area contributed by atoms with E-state index < -0.39 is 0 Å². The molecule has 168 valence electrons. The van der Waals surface area contributed by atoms with E-state index in [2.05, 4.69) is 68.5 Å². The summed E-state index contributed by atoms with van der Waals surface area (Å²) < 4.78 is 5.84. The second-order valence-electron chi connectivity index (χ2n) is 8.68. The zero-order valence-corrected chi connectivity index (χ0v) is 19.2. The van der Waals surface area contributed by atoms with Crippen LogP contribution in [0.1, 0.15) is 42.0 Å². The molecule has 0 spiro atoms. The van der Waals surface area contributed by atoms with E-state index in [1.807, 2.05) is 6.07 Å². The average molecular weight is 440 g/mol. The molecule has 0 bridgehead atoms. The number of benzene rings is 3. The van der Waals surface area contributed by atoms with Crippen molar-refractivity contribution in [2.24, 2.45) is 0 Å². The SMILES string of the molecule is CC1=CC=CCC1.Cc1ccc(Cc2cc3c(c(-c4cccc([N+](=O)[O-])c4)c2)OCC3)cc1. The molecule has 0 fully saturated rings. The number of hydrogen-bond donors (Lipinski definition) is 0. The number of ether oxygens (including phenoxy) is 1. The highest BCUT2D eigenvalue weighted by atomic mass is 16.6. The molecular formula is C29H29NO3. The van der Waals surface area contributed by atoms with Gasteiger partial charge < -0.3 is 4.74 Å². The van der Waals surface area contributed by atoms with Crippen molar-refractivity contribution in [1.82, 2.24) is 0 Å². The molecule has 33 heavy (non-hydrogen) atoms. The van der Waals surface area contributed by atoms with Gasteiger partial charge in [-0.2, -0.15) is 0 Å². The molecule has 1 aliphatic carbocycles. The van der Waals surface area contributed by atoms with Gasteiger partial charge in [0.2, 0.25) is 0 Å². The van der Waals surface area contributed by atoms with Crippen molar-refractivity contribution in [3.8, 4) is 16.9 Å². The van der Waals surface area contributed by atoms with Crippen LogP contribution in [0.3, 0.4) is 0 Å². The molecule has 0 saturated carbocycles. The van der Waals surface area contributed by atoms with Gasteiger partial charge in [0.25, 0.3) is 5.69 Å². The van der Waals surface area contributed by atoms with Crippen LogP contribution in [-0.2, 0) is 12.8 Å². The van der Waals surface area contributed by atoms with Gasteiger partial charge in [0.15, 0.2) is 0 Å². The Morgan fingerprint density at radius 3 is 2.45 bits per heavy atom. The second kappa shape index (κ2) is 10.3. The topological polar surface area (TPSA) is 52.4 Å². The van der Waals surface area contributed by atoms with Crippen molar-refractivity contribution >= 4 is 5.69 Å². The van der Waals surface area contributed by atoms with Crippen LogP contribution in [0.4, 0.5) is 5.69 Å². The van der Waals surface area contributed by atoms with Crippen LogP contribution in [0.25, 0.3) is 11.1 Å². The summed E-state index contributed by atoms with van der Waals surface area (Å²) in [5, 5.41) is 11.1. The maximum atomic E-state index is 11.1. The summed E-state index contributed by atoms with van der Waals surface area (Å²) in [5.41, 5.74) is 8.22. The fourth-order valence-corrected chi connectivity index (χ4v) is 4.14. The molecule has 0 atom stereocenters. The number of hydrogen-bond acceptors (Lipinski definition) is 3. The number of nitrogens with zero attached hydrogens (tertiary/aromatic N) is 1. The first kappa shape index (κ1) is 22.5. The first-order valence-corrected chi connectivity index (χ1v) is 11.4. The van der Waals surface area contributed by atoms with E-state index in [4.69, 9.17) is 4.74 Å². The predicted octanol–water partition coefficient (Wildman–Crippen LogP) is 7.38. The van der Waals surface area contributed by atoms with Crippen LogP contribution < -0.4 is 4.74 Å². The minimum Gasteiger partial charge on any atom is -0.492 e. The summed E-state index contributed by atoms with van der Waals surface area (Å²) in [5.74, 6) is 0.859. The van der Waals surface area contributed by atoms with Crippen molar-refractivity contribution in [2.75, 3.05) is 6.61 Å². The lowest BCUT2D eigenvalue weighted by atomic mass is 9.94. The van der Waals surface area contributed by atoms with Crippen molar-refractivity contribution in [3.05, 3.63) is 117 Å². The van der Waals surface area contributed by atoms with Crippen LogP contribution in [-0.4, -0.2) is 11.5 Å². The molecule has 2 aliphatic rings. The molecule has 5 rings (SSSR count). The first-order valence-electron chi connectivity index (χ1n) is 11.4. The van der Waals surface area contributed by atoms with Gasteiger partial charge in [-0.25, -0.2) is 0 Å². The Labute approximate surface area is 195 Å². The fraction of sp³-hybridized carbons (Fsp3) is 0.241. The van der Waals surface area contributed by atoms with Gasteiger partial charge in [-0.15, -0.1) is 0 Å². The number of fused-ring (bicyclic) bond motifs is 1. The molecule has 3 aromatic carbocycles. The summed E-state index contributed by atoms with van der Waals surface area (Å²) in [6.07, 6.45) is 10.7. The zero-order chi connectivity index (χ0) is 23.2. The number of non-ortho nitro benzene ring substituents is 1. The number of nitro groups is 1. The Morgan fingerprint density at radius 1 is 0.970 bits per heavy atom. The number of allylic oxidation sites excluding steroid dienone is 4. The predicted molar refractivity (Wildman–Crippen MR) is 134 cm³/mol. The van der Waals surface area contributed by atoms with Crippen LogP contribution in [0, 0.1) is 17.0 Å². The highest BCUT2D eigenvalue weighted by molar-refractivity contribution is 5.75. The molecule has 1 aliphatic heterocycles. The quantitative estimate of drug-likeness (QED) is 0.315. The Morgan fingerprint density at radius 2 is 1.79 bits per heavy atom. The van der Waals surface area contributed by atoms with Gasteiger partial charge in [0, 0.05) is 24.1 Å². The third-order valence-electron chi connectivity index (χ3n) is 5.96. The number of nitro benzene ring substituents is 1. The lowest BCUT2D eigenvalue weighted by Gasteiger charge is -2.12. The van der Waals surface area contributed by atoms with Crippen LogP contribution in [0.5, 0.6) is 5.75 Å². The van der Waals surface area contributed by atoms with Crippen molar-refractivity contribution in [3.63, 3.8) is 0 Å². The molecule has 4 nitrogen and oxygen atoms in total. The highest BCUT2D eigenvalue weighted by Gasteiger charge is 2.20. The van der Waals surface area contributed by atoms with Crippen molar-refractivity contribution in [1.29, 1.82) is 0 Å². The molecule has 4 heteroatoms. The van der Waals surface area contributed by atoms with Gasteiger partial charge >= 0.3 is 0 Å². The molecule has 3 aromatic rings. The van der Waals surface area contributed by atoms with E-state index >= 15 is 0 Å². The number of rotatable bonds is 4. The van der Waals surface area contributed by atoms with Crippen molar-refractivity contribution < 1.29 is 9.66 Å². The normalized spacial score (nSPS) is 13.9. The van der Waals surface area contributed by atoms with Gasteiger partial charge in [0.1, 0.15) is 5.75 Å². The van der Waals surface area contributed by atoms with E-state index in [1.54, 1.807) is 12.1 Å². The lowest BCUT2D eigenvalue weighted by Crippen LogP contribution is -1.94. The average Bonchev–Trinajstić information content (AvgIpc) is 3.30. The van der Waals surface area contributed by atoms with E-state index in [9.17, 15) is 10.1 Å². The summed E-state index contributed by atoms with van der Waals surface area (Å²) in [7, 11) is 0. The third kappa shape index (κ3) is 5.78. The minimum absolute atomic E-state index is 0.0955. The summed E-state index contributed by atoms with van der Waals surface area (Å²) >= 11 is 0. The van der Waals surface area contributed by atoms with E-state index in [-0.39, 0.29) is 10.6 Å². The number of aryl methyl sites for hydroxylation is 1. The van der Waals surface area contributed by atoms with E-state index in [0.29, 0.717) is 6.61 Å². The Balaban J connectivity index is 0.000000318. The zero-order valence-electron chi connectivity index (χ0n) is 19.2. The van der Waals surface area contributed by atoms with Gasteiger partial charge in [-0.3, -0.25) is 10.1 Å². The molecule has 1 heterocycles. The van der Waals surface area contributed by atoms with Gasteiger partial charge in [-0.05, 0) is 61.4 Å². The molecule has 0 aromatic heterocycles. The Hall–Kier alpha value is -3.66. The third-order valence-corrected chi connectivity index (χ3v) is 5.96. The summed E-state index contributed by atoms with van der Waals surface area (Å²) in [6.45, 7) is 4.91. The fourth-order valence-electron chi connectivity index (χ4n) is 4.14. The first-order chi connectivity index (χ1) is 16.0. The molecule has 0 radical (unpaired) electrons. The second-order valence-corrected chi connectivity index (χ2v) is 8.68. The van der Waals surface area contributed by atoms with Crippen LogP contribution >= 0.6 is 0 Å². The molecule has 0 amide bonds. The molecule has 0 N–H and O–H groups in total. The standard InChI is InChI=1S/C22H19NO3.C7H10/c1-15-5-7-16(8-6-15)11-17-12-19-9-10-26-22(19)21(13-17)18-3-2-4-20(14-18)23(24)25;1-7-5-3-2-4-6-7/h2-8,12-14H,9-11H2,1H3;2-3,5H,4,6H2,1H3. The monoisotopic (exact) mass is 439 g/mol. The summed E-state index contributed by atoms with van der Waals surface area (Å²) in [4.78, 5) is 10.8. The highest BCUT2D eigenvalue weighted by Crippen LogP contribution is 2.39. The van der Waals surface area contributed by atoms with Crippen molar-refractivity contribution in [2.45, 2.75) is 39.5 Å². The van der Waals surface area contributed by atoms with Gasteiger partial charge in [0.05, 0.1) is 11.5 Å². The van der Waals surface area contributed by atoms with Crippen LogP contribution in [0.15, 0.2) is 84.5 Å². The maximum absolute atomic E-state index is 11.1. The molecular weight excluding hydrogens is 410 g/mol. The molecule has 0 saturated heterocycles. The van der Waals surface area contributed by atoms with E-state index in [0.717, 1.165) is 29.7 Å². The maximum Gasteiger partial charge on any atom is 0.270 e. The minimum atomic E-state index is -0.360. The molecule has 0 unspecified atom stereocenters. The lowest BCUT2D eigenvalue weighted by molar-refractivity contribution is -0.384. The largest absolute Gasteiger partial charge is 0.492 e. The van der Waals surface area contributed by atoms with Gasteiger partial charge in [-0.1, -0.05) is 71.8 Å². The summed E-state index contributed by atoms with van der Waals surface area (Å²) in [6, 6.07) is 19.6. The Kier molecular flexibility index (Phi) is 7.04. The van der Waals surface area contributed by atoms with Crippen LogP contribution in [0.2, 0.25) is 0 Å². The van der Waals surface area contributed by atoms with E-state index in [1.165, 1.54) is 46.7 Å².